The van der Waals surface area contributed by atoms with Crippen LogP contribution in [-0.2, 0) is 16.0 Å². The van der Waals surface area contributed by atoms with Crippen molar-refractivity contribution in [1.82, 2.24) is 10.3 Å². The fraction of sp³-hybridized carbons (Fsp3) is 0.533. The van der Waals surface area contributed by atoms with Crippen molar-refractivity contribution in [2.24, 2.45) is 11.5 Å². The number of nitrogens with zero attached hydrogens (tertiary/aromatic N) is 1. The van der Waals surface area contributed by atoms with Crippen molar-refractivity contribution in [3.63, 3.8) is 0 Å². The lowest BCUT2D eigenvalue weighted by molar-refractivity contribution is -0.139. The fourth-order valence-corrected chi connectivity index (χ4v) is 1.39. The summed E-state index contributed by atoms with van der Waals surface area (Å²) in [5.74, 6) is -1.18. The molecular weight excluding hydrogens is 300 g/mol. The fourth-order valence-electron chi connectivity index (χ4n) is 1.39. The van der Waals surface area contributed by atoms with Gasteiger partial charge in [0.1, 0.15) is 11.6 Å². The van der Waals surface area contributed by atoms with E-state index in [9.17, 15) is 9.59 Å². The van der Waals surface area contributed by atoms with Crippen molar-refractivity contribution in [2.45, 2.75) is 38.8 Å². The van der Waals surface area contributed by atoms with Crippen LogP contribution in [0.4, 0.5) is 4.79 Å². The zero-order chi connectivity index (χ0) is 17.9. The van der Waals surface area contributed by atoms with Crippen LogP contribution >= 0.6 is 0 Å². The standard InChI is InChI=1S/C8H16N2O4.C7H10N2/c1-8(2,3)14-7(13)10-5(4-9)6(11)12;8-4-1-7-2-5-9-6-3-7/h5H,4,9H2,1-3H3,(H,10,13)(H,11,12);2-3,5-6H,1,4,8H2/t5-;/m0./s1. The van der Waals surface area contributed by atoms with E-state index in [1.807, 2.05) is 12.1 Å². The first-order chi connectivity index (χ1) is 10.7. The summed E-state index contributed by atoms with van der Waals surface area (Å²) in [6.07, 6.45) is 3.73. The molecule has 23 heavy (non-hydrogen) atoms. The third kappa shape index (κ3) is 11.1. The van der Waals surface area contributed by atoms with Crippen LogP contribution in [0.15, 0.2) is 24.5 Å². The number of rotatable bonds is 5. The molecule has 0 aliphatic rings. The number of aliphatic carboxylic acids is 1. The number of alkyl carbamates (subject to hydrolysis) is 1. The number of nitrogens with two attached hydrogens (primary N) is 2. The highest BCUT2D eigenvalue weighted by Crippen LogP contribution is 2.06. The molecule has 0 radical (unpaired) electrons. The molecule has 0 aliphatic carbocycles. The molecule has 0 spiro atoms. The second-order valence-corrected chi connectivity index (χ2v) is 5.67. The number of carbonyl (C=O) groups excluding carboxylic acids is 1. The Hall–Kier alpha value is -2.19. The molecule has 0 aromatic carbocycles. The summed E-state index contributed by atoms with van der Waals surface area (Å²) in [7, 11) is 0. The van der Waals surface area contributed by atoms with E-state index in [2.05, 4.69) is 10.3 Å². The first kappa shape index (κ1) is 20.8. The van der Waals surface area contributed by atoms with Crippen molar-refractivity contribution in [3.8, 4) is 0 Å². The summed E-state index contributed by atoms with van der Waals surface area (Å²) in [6.45, 7) is 5.60. The Labute approximate surface area is 136 Å². The Bertz CT molecular complexity index is 474. The zero-order valence-electron chi connectivity index (χ0n) is 13.8. The minimum Gasteiger partial charge on any atom is -0.480 e. The molecule has 8 nitrogen and oxygen atoms in total. The predicted octanol–water partition coefficient (Wildman–Crippen LogP) is 0.506. The molecule has 1 aromatic heterocycles. The zero-order valence-corrected chi connectivity index (χ0v) is 13.8. The van der Waals surface area contributed by atoms with Crippen molar-refractivity contribution in [1.29, 1.82) is 0 Å². The van der Waals surface area contributed by atoms with E-state index in [0.29, 0.717) is 6.54 Å². The Morgan fingerprint density at radius 3 is 2.26 bits per heavy atom. The molecule has 0 aliphatic heterocycles. The lowest BCUT2D eigenvalue weighted by atomic mass is 10.2. The van der Waals surface area contributed by atoms with Gasteiger partial charge in [0.05, 0.1) is 0 Å². The topological polar surface area (TPSA) is 141 Å². The summed E-state index contributed by atoms with van der Waals surface area (Å²) in [4.78, 5) is 25.4. The predicted molar refractivity (Wildman–Crippen MR) is 86.8 cm³/mol. The summed E-state index contributed by atoms with van der Waals surface area (Å²) in [5, 5.41) is 10.7. The minimum atomic E-state index is -1.18. The van der Waals surface area contributed by atoms with Crippen LogP contribution in [0, 0.1) is 0 Å². The number of carboxylic acid groups (broad SMARTS) is 1. The van der Waals surface area contributed by atoms with Crippen molar-refractivity contribution in [2.75, 3.05) is 13.1 Å². The van der Waals surface area contributed by atoms with E-state index in [-0.39, 0.29) is 6.54 Å². The maximum Gasteiger partial charge on any atom is 0.408 e. The van der Waals surface area contributed by atoms with Gasteiger partial charge in [0.25, 0.3) is 0 Å². The SMILES string of the molecule is CC(C)(C)OC(=O)N[C@@H](CN)C(=O)O.NCCc1ccncc1. The Kier molecular flexibility index (Phi) is 9.52. The number of pyridine rings is 1. The molecule has 1 heterocycles. The van der Waals surface area contributed by atoms with E-state index in [0.717, 1.165) is 6.42 Å². The van der Waals surface area contributed by atoms with Gasteiger partial charge in [0, 0.05) is 18.9 Å². The van der Waals surface area contributed by atoms with Crippen LogP contribution in [0.5, 0.6) is 0 Å². The van der Waals surface area contributed by atoms with E-state index in [4.69, 9.17) is 21.3 Å². The molecule has 0 saturated carbocycles. The maximum atomic E-state index is 11.1. The van der Waals surface area contributed by atoms with Crippen LogP contribution in [-0.4, -0.2) is 46.9 Å². The number of nitrogens with one attached hydrogen (secondary N) is 1. The second kappa shape index (κ2) is 10.5. The summed E-state index contributed by atoms with van der Waals surface area (Å²) < 4.78 is 4.85. The Morgan fingerprint density at radius 2 is 1.87 bits per heavy atom. The van der Waals surface area contributed by atoms with E-state index >= 15 is 0 Å². The van der Waals surface area contributed by atoms with Gasteiger partial charge in [0.15, 0.2) is 0 Å². The van der Waals surface area contributed by atoms with Gasteiger partial charge in [-0.05, 0) is 51.4 Å². The van der Waals surface area contributed by atoms with Gasteiger partial charge in [-0.25, -0.2) is 9.59 Å². The van der Waals surface area contributed by atoms with Crippen molar-refractivity contribution >= 4 is 12.1 Å². The largest absolute Gasteiger partial charge is 0.480 e. The van der Waals surface area contributed by atoms with Crippen LogP contribution in [0.2, 0.25) is 0 Å². The van der Waals surface area contributed by atoms with Crippen molar-refractivity contribution < 1.29 is 19.4 Å². The molecule has 0 saturated heterocycles. The maximum absolute atomic E-state index is 11.1. The number of hydrogen-bond acceptors (Lipinski definition) is 6. The first-order valence-electron chi connectivity index (χ1n) is 7.21. The highest BCUT2D eigenvalue weighted by molar-refractivity contribution is 5.80. The van der Waals surface area contributed by atoms with Gasteiger partial charge in [0.2, 0.25) is 0 Å². The van der Waals surface area contributed by atoms with Crippen LogP contribution in [0.1, 0.15) is 26.3 Å². The normalized spacial score (nSPS) is 11.7. The highest BCUT2D eigenvalue weighted by atomic mass is 16.6. The molecule has 1 atom stereocenters. The Morgan fingerprint density at radius 1 is 1.30 bits per heavy atom. The molecule has 0 unspecified atom stereocenters. The van der Waals surface area contributed by atoms with Gasteiger partial charge >= 0.3 is 12.1 Å². The van der Waals surface area contributed by atoms with Crippen LogP contribution in [0.3, 0.4) is 0 Å². The first-order valence-corrected chi connectivity index (χ1v) is 7.21. The van der Waals surface area contributed by atoms with Gasteiger partial charge in [-0.1, -0.05) is 0 Å². The van der Waals surface area contributed by atoms with E-state index in [1.54, 1.807) is 33.2 Å². The number of carboxylic acids is 1. The molecule has 130 valence electrons. The van der Waals surface area contributed by atoms with E-state index in [1.165, 1.54) is 5.56 Å². The smallest absolute Gasteiger partial charge is 0.408 e. The average molecular weight is 326 g/mol. The molecule has 1 amide bonds. The second-order valence-electron chi connectivity index (χ2n) is 5.67. The summed E-state index contributed by atoms with van der Waals surface area (Å²) >= 11 is 0. The van der Waals surface area contributed by atoms with Crippen LogP contribution < -0.4 is 16.8 Å². The van der Waals surface area contributed by atoms with Gasteiger partial charge in [-0.2, -0.15) is 0 Å². The molecular formula is C15H26N4O4. The number of amides is 1. The third-order valence-electron chi connectivity index (χ3n) is 2.41. The van der Waals surface area contributed by atoms with Crippen molar-refractivity contribution in [3.05, 3.63) is 30.1 Å². The van der Waals surface area contributed by atoms with E-state index < -0.39 is 23.7 Å². The molecule has 1 aromatic rings. The van der Waals surface area contributed by atoms with Gasteiger partial charge in [-0.3, -0.25) is 4.98 Å². The lowest BCUT2D eigenvalue weighted by Gasteiger charge is -2.21. The Balaban J connectivity index is 0.000000459. The molecule has 8 heteroatoms. The lowest BCUT2D eigenvalue weighted by Crippen LogP contribution is -2.47. The summed E-state index contributed by atoms with van der Waals surface area (Å²) in [5.41, 5.74) is 11.1. The highest BCUT2D eigenvalue weighted by Gasteiger charge is 2.22. The van der Waals surface area contributed by atoms with Crippen LogP contribution in [0.25, 0.3) is 0 Å². The number of carbonyl (C=O) groups is 2. The molecule has 0 bridgehead atoms. The van der Waals surface area contributed by atoms with Gasteiger partial charge in [-0.15, -0.1) is 0 Å². The average Bonchev–Trinajstić information content (AvgIpc) is 2.45. The number of aromatic nitrogens is 1. The molecule has 0 fully saturated rings. The summed E-state index contributed by atoms with van der Waals surface area (Å²) in [6, 6.07) is 2.85. The minimum absolute atomic E-state index is 0.172. The monoisotopic (exact) mass is 326 g/mol. The molecule has 1 rings (SSSR count). The molecule has 6 N–H and O–H groups in total. The number of ether oxygens (including phenoxy) is 1. The quantitative estimate of drug-likeness (QED) is 0.617. The third-order valence-corrected chi connectivity index (χ3v) is 2.41. The number of hydrogen-bond donors (Lipinski definition) is 4. The van der Waals surface area contributed by atoms with Gasteiger partial charge < -0.3 is 26.6 Å².